The summed E-state index contributed by atoms with van der Waals surface area (Å²) >= 11 is 1.52. The van der Waals surface area contributed by atoms with E-state index in [1.807, 2.05) is 12.3 Å². The summed E-state index contributed by atoms with van der Waals surface area (Å²) in [6.45, 7) is 1.72. The van der Waals surface area contributed by atoms with E-state index in [4.69, 9.17) is 0 Å². The van der Waals surface area contributed by atoms with E-state index >= 15 is 0 Å². The van der Waals surface area contributed by atoms with Gasteiger partial charge in [-0.15, -0.1) is 11.8 Å². The summed E-state index contributed by atoms with van der Waals surface area (Å²) in [6, 6.07) is 11.5. The van der Waals surface area contributed by atoms with Crippen LogP contribution in [0.2, 0.25) is 0 Å². The van der Waals surface area contributed by atoms with Gasteiger partial charge in [0.2, 0.25) is 0 Å². The third kappa shape index (κ3) is 4.05. The molecule has 0 bridgehead atoms. The molecule has 0 aliphatic heterocycles. The summed E-state index contributed by atoms with van der Waals surface area (Å²) in [4.78, 5) is 12.7. The molecule has 0 aromatic heterocycles. The molecule has 5 nitrogen and oxygen atoms in total. The standard InChI is InChI=1S/C16H17NO4S2/c1-11-7-8-14(10-15(11)16(18)21-2)23(19,20)17-12-5-4-6-13(9-12)22-3/h4-10,17H,1-3H3. The summed E-state index contributed by atoms with van der Waals surface area (Å²) in [5.41, 5.74) is 1.35. The van der Waals surface area contributed by atoms with Crippen LogP contribution in [-0.4, -0.2) is 27.8 Å². The number of hydrogen-bond donors (Lipinski definition) is 1. The normalized spacial score (nSPS) is 11.1. The van der Waals surface area contributed by atoms with Gasteiger partial charge in [0.25, 0.3) is 10.0 Å². The van der Waals surface area contributed by atoms with Crippen LogP contribution >= 0.6 is 11.8 Å². The molecule has 0 atom stereocenters. The number of hydrogen-bond acceptors (Lipinski definition) is 5. The number of carbonyl (C=O) groups excluding carboxylic acids is 1. The van der Waals surface area contributed by atoms with Crippen LogP contribution in [0, 0.1) is 6.92 Å². The van der Waals surface area contributed by atoms with Crippen molar-refractivity contribution in [3.05, 3.63) is 53.6 Å². The number of anilines is 1. The lowest BCUT2D eigenvalue weighted by Gasteiger charge is -2.11. The van der Waals surface area contributed by atoms with Gasteiger partial charge >= 0.3 is 5.97 Å². The molecule has 0 heterocycles. The molecule has 2 aromatic rings. The number of nitrogens with one attached hydrogen (secondary N) is 1. The summed E-state index contributed by atoms with van der Waals surface area (Å²) in [5.74, 6) is -0.566. The van der Waals surface area contributed by atoms with Crippen molar-refractivity contribution >= 4 is 33.4 Å². The highest BCUT2D eigenvalue weighted by molar-refractivity contribution is 7.98. The van der Waals surface area contributed by atoms with E-state index in [9.17, 15) is 13.2 Å². The van der Waals surface area contributed by atoms with Gasteiger partial charge in [0.15, 0.2) is 0 Å². The Hall–Kier alpha value is -1.99. The summed E-state index contributed by atoms with van der Waals surface area (Å²) in [6.07, 6.45) is 1.91. The van der Waals surface area contributed by atoms with Crippen LogP contribution in [0.15, 0.2) is 52.3 Å². The fraction of sp³-hybridized carbons (Fsp3) is 0.188. The largest absolute Gasteiger partial charge is 0.465 e. The number of thioether (sulfide) groups is 1. The summed E-state index contributed by atoms with van der Waals surface area (Å²) in [5, 5.41) is 0. The second-order valence-corrected chi connectivity index (χ2v) is 7.37. The van der Waals surface area contributed by atoms with Gasteiger partial charge in [-0.1, -0.05) is 12.1 Å². The SMILES string of the molecule is COC(=O)c1cc(S(=O)(=O)Nc2cccc(SC)c2)ccc1C. The number of benzene rings is 2. The molecule has 0 aliphatic rings. The number of methoxy groups -OCH3 is 1. The second kappa shape index (κ2) is 7.06. The number of carbonyl (C=O) groups is 1. The molecule has 0 radical (unpaired) electrons. The van der Waals surface area contributed by atoms with Crippen LogP contribution in [-0.2, 0) is 14.8 Å². The average Bonchev–Trinajstić information content (AvgIpc) is 2.54. The quantitative estimate of drug-likeness (QED) is 0.661. The lowest BCUT2D eigenvalue weighted by Crippen LogP contribution is -2.14. The third-order valence-corrected chi connectivity index (χ3v) is 5.35. The minimum absolute atomic E-state index is 0.0121. The molecule has 0 amide bonds. The first kappa shape index (κ1) is 17.4. The zero-order valence-corrected chi connectivity index (χ0v) is 14.6. The topological polar surface area (TPSA) is 72.5 Å². The van der Waals surface area contributed by atoms with E-state index in [0.29, 0.717) is 11.3 Å². The molecule has 1 N–H and O–H groups in total. The molecule has 2 rings (SSSR count). The Kier molecular flexibility index (Phi) is 5.33. The van der Waals surface area contributed by atoms with Crippen molar-refractivity contribution in [2.75, 3.05) is 18.1 Å². The highest BCUT2D eigenvalue weighted by atomic mass is 32.2. The molecule has 0 saturated carbocycles. The maximum absolute atomic E-state index is 12.5. The van der Waals surface area contributed by atoms with Crippen LogP contribution in [0.25, 0.3) is 0 Å². The molecule has 0 saturated heterocycles. The molecule has 0 fully saturated rings. The van der Waals surface area contributed by atoms with Crippen molar-refractivity contribution in [2.24, 2.45) is 0 Å². The third-order valence-electron chi connectivity index (χ3n) is 3.25. The van der Waals surface area contributed by atoms with Gasteiger partial charge < -0.3 is 4.74 Å². The molecule has 0 spiro atoms. The van der Waals surface area contributed by atoms with Crippen molar-refractivity contribution in [1.29, 1.82) is 0 Å². The van der Waals surface area contributed by atoms with E-state index in [2.05, 4.69) is 9.46 Å². The summed E-state index contributed by atoms with van der Waals surface area (Å²) < 4.78 is 32.2. The Morgan fingerprint density at radius 3 is 2.57 bits per heavy atom. The van der Waals surface area contributed by atoms with Crippen molar-refractivity contribution in [1.82, 2.24) is 0 Å². The maximum atomic E-state index is 12.5. The van der Waals surface area contributed by atoms with Crippen LogP contribution in [0.1, 0.15) is 15.9 Å². The second-order valence-electron chi connectivity index (χ2n) is 4.81. The Morgan fingerprint density at radius 1 is 1.17 bits per heavy atom. The molecule has 2 aromatic carbocycles. The fourth-order valence-corrected chi connectivity index (χ4v) is 3.53. The molecule has 23 heavy (non-hydrogen) atoms. The highest BCUT2D eigenvalue weighted by Gasteiger charge is 2.18. The zero-order chi connectivity index (χ0) is 17.0. The van der Waals surface area contributed by atoms with Crippen LogP contribution in [0.3, 0.4) is 0 Å². The summed E-state index contributed by atoms with van der Waals surface area (Å²) in [7, 11) is -2.53. The highest BCUT2D eigenvalue weighted by Crippen LogP contribution is 2.23. The predicted molar refractivity (Wildman–Crippen MR) is 91.6 cm³/mol. The minimum Gasteiger partial charge on any atom is -0.465 e. The number of aryl methyl sites for hydroxylation is 1. The van der Waals surface area contributed by atoms with Gasteiger partial charge in [0.05, 0.1) is 17.6 Å². The molecule has 7 heteroatoms. The predicted octanol–water partition coefficient (Wildman–Crippen LogP) is 3.30. The lowest BCUT2D eigenvalue weighted by molar-refractivity contribution is 0.0599. The number of esters is 1. The Balaban J connectivity index is 2.37. The first-order valence-corrected chi connectivity index (χ1v) is 9.44. The van der Waals surface area contributed by atoms with Crippen molar-refractivity contribution in [3.63, 3.8) is 0 Å². The average molecular weight is 351 g/mol. The number of rotatable bonds is 5. The Morgan fingerprint density at radius 2 is 1.91 bits per heavy atom. The first-order valence-electron chi connectivity index (χ1n) is 6.73. The van der Waals surface area contributed by atoms with Gasteiger partial charge in [-0.25, -0.2) is 13.2 Å². The van der Waals surface area contributed by atoms with E-state index in [1.165, 1.54) is 31.0 Å². The van der Waals surface area contributed by atoms with E-state index in [1.54, 1.807) is 31.2 Å². The van der Waals surface area contributed by atoms with Gasteiger partial charge in [0.1, 0.15) is 0 Å². The van der Waals surface area contributed by atoms with Crippen LogP contribution < -0.4 is 4.72 Å². The van der Waals surface area contributed by atoms with Crippen molar-refractivity contribution in [2.45, 2.75) is 16.7 Å². The van der Waals surface area contributed by atoms with Gasteiger partial charge in [0, 0.05) is 10.6 Å². The van der Waals surface area contributed by atoms with E-state index < -0.39 is 16.0 Å². The maximum Gasteiger partial charge on any atom is 0.338 e. The molecule has 0 unspecified atom stereocenters. The van der Waals surface area contributed by atoms with Crippen molar-refractivity contribution in [3.8, 4) is 0 Å². The Labute approximate surface area is 140 Å². The zero-order valence-electron chi connectivity index (χ0n) is 13.0. The van der Waals surface area contributed by atoms with Gasteiger partial charge in [-0.05, 0) is 49.1 Å². The van der Waals surface area contributed by atoms with Gasteiger partial charge in [-0.3, -0.25) is 4.72 Å². The first-order chi connectivity index (χ1) is 10.9. The Bertz CT molecular complexity index is 832. The lowest BCUT2D eigenvalue weighted by atomic mass is 10.1. The van der Waals surface area contributed by atoms with Gasteiger partial charge in [-0.2, -0.15) is 0 Å². The van der Waals surface area contributed by atoms with Crippen LogP contribution in [0.4, 0.5) is 5.69 Å². The fourth-order valence-electron chi connectivity index (χ4n) is 2.00. The van der Waals surface area contributed by atoms with E-state index in [0.717, 1.165) is 4.90 Å². The monoisotopic (exact) mass is 351 g/mol. The number of sulfonamides is 1. The van der Waals surface area contributed by atoms with Crippen molar-refractivity contribution < 1.29 is 17.9 Å². The molecular weight excluding hydrogens is 334 g/mol. The minimum atomic E-state index is -3.79. The molecule has 122 valence electrons. The number of ether oxygens (including phenoxy) is 1. The van der Waals surface area contributed by atoms with E-state index in [-0.39, 0.29) is 10.5 Å². The van der Waals surface area contributed by atoms with Crippen LogP contribution in [0.5, 0.6) is 0 Å². The molecule has 0 aliphatic carbocycles. The molecular formula is C16H17NO4S2. The smallest absolute Gasteiger partial charge is 0.338 e.